The quantitative estimate of drug-likeness (QED) is 0.547. The van der Waals surface area contributed by atoms with Gasteiger partial charge >= 0.3 is 0 Å². The molecule has 0 fully saturated rings. The third-order valence-corrected chi connectivity index (χ3v) is 7.29. The Kier molecular flexibility index (Phi) is 6.49. The summed E-state index contributed by atoms with van der Waals surface area (Å²) in [7, 11) is 0.00756. The molecule has 1 heterocycles. The standard InChI is InChI=1S/C20H21F2N3O3S2/c1-4-30(27,28)17-8-6-5-7-14(17)19(26)25(10-9-24(2)3)20-23-18-15(22)11-13(21)12-16(18)29-20/h5-8,11-12H,4,9-10H2,1-3H3. The Balaban J connectivity index is 2.12. The van der Waals surface area contributed by atoms with E-state index in [1.54, 1.807) is 12.1 Å². The van der Waals surface area contributed by atoms with Crippen LogP contribution in [-0.4, -0.2) is 57.1 Å². The van der Waals surface area contributed by atoms with Crippen LogP contribution in [0.1, 0.15) is 17.3 Å². The lowest BCUT2D eigenvalue weighted by molar-refractivity contribution is 0.0982. The van der Waals surface area contributed by atoms with Gasteiger partial charge in [0.25, 0.3) is 5.91 Å². The van der Waals surface area contributed by atoms with E-state index in [0.717, 1.165) is 23.5 Å². The lowest BCUT2D eigenvalue weighted by Crippen LogP contribution is -2.37. The van der Waals surface area contributed by atoms with Gasteiger partial charge in [0.15, 0.2) is 20.8 Å². The summed E-state index contributed by atoms with van der Waals surface area (Å²) in [5.41, 5.74) is -0.0162. The van der Waals surface area contributed by atoms with Crippen molar-refractivity contribution in [1.29, 1.82) is 0 Å². The summed E-state index contributed by atoms with van der Waals surface area (Å²) in [5, 5.41) is 0.171. The van der Waals surface area contributed by atoms with Gasteiger partial charge in [-0.05, 0) is 32.3 Å². The number of hydrogen-bond donors (Lipinski definition) is 0. The van der Waals surface area contributed by atoms with Crippen molar-refractivity contribution >= 4 is 42.4 Å². The molecule has 0 bridgehead atoms. The van der Waals surface area contributed by atoms with Gasteiger partial charge in [0.1, 0.15) is 11.3 Å². The number of sulfone groups is 1. The fourth-order valence-electron chi connectivity index (χ4n) is 2.86. The molecule has 3 aromatic rings. The Morgan fingerprint density at radius 1 is 1.13 bits per heavy atom. The zero-order chi connectivity index (χ0) is 22.1. The van der Waals surface area contributed by atoms with Gasteiger partial charge in [-0.1, -0.05) is 30.4 Å². The van der Waals surface area contributed by atoms with Crippen LogP contribution in [0.25, 0.3) is 10.2 Å². The van der Waals surface area contributed by atoms with Crippen molar-refractivity contribution < 1.29 is 22.0 Å². The molecular weight excluding hydrogens is 432 g/mol. The molecule has 160 valence electrons. The number of hydrogen-bond acceptors (Lipinski definition) is 6. The van der Waals surface area contributed by atoms with Crippen LogP contribution in [0.4, 0.5) is 13.9 Å². The Morgan fingerprint density at radius 3 is 2.50 bits per heavy atom. The lowest BCUT2D eigenvalue weighted by atomic mass is 10.2. The molecule has 6 nitrogen and oxygen atoms in total. The van der Waals surface area contributed by atoms with Gasteiger partial charge in [0, 0.05) is 19.2 Å². The van der Waals surface area contributed by atoms with E-state index in [9.17, 15) is 22.0 Å². The van der Waals surface area contributed by atoms with Crippen molar-refractivity contribution in [2.24, 2.45) is 0 Å². The molecule has 1 amide bonds. The molecule has 2 aromatic carbocycles. The lowest BCUT2D eigenvalue weighted by Gasteiger charge is -2.23. The van der Waals surface area contributed by atoms with Crippen LogP contribution in [0.5, 0.6) is 0 Å². The smallest absolute Gasteiger partial charge is 0.261 e. The van der Waals surface area contributed by atoms with Crippen LogP contribution in [0.3, 0.4) is 0 Å². The van der Waals surface area contributed by atoms with Crippen molar-refractivity contribution in [2.75, 3.05) is 37.8 Å². The summed E-state index contributed by atoms with van der Waals surface area (Å²) in [6, 6.07) is 7.87. The van der Waals surface area contributed by atoms with Crippen LogP contribution in [0.15, 0.2) is 41.3 Å². The third kappa shape index (κ3) is 4.50. The van der Waals surface area contributed by atoms with Crippen molar-refractivity contribution in [3.05, 3.63) is 53.6 Å². The van der Waals surface area contributed by atoms with Crippen LogP contribution in [0, 0.1) is 11.6 Å². The number of aromatic nitrogens is 1. The summed E-state index contributed by atoms with van der Waals surface area (Å²) in [6.07, 6.45) is 0. The predicted octanol–water partition coefficient (Wildman–Crippen LogP) is 3.58. The summed E-state index contributed by atoms with van der Waals surface area (Å²) in [6.45, 7) is 2.16. The third-order valence-electron chi connectivity index (χ3n) is 4.48. The van der Waals surface area contributed by atoms with Crippen molar-refractivity contribution in [1.82, 2.24) is 9.88 Å². The Labute approximate surface area is 177 Å². The Bertz CT molecular complexity index is 1190. The van der Waals surface area contributed by atoms with Crippen molar-refractivity contribution in [3.8, 4) is 0 Å². The second-order valence-electron chi connectivity index (χ2n) is 6.89. The number of anilines is 1. The van der Waals surface area contributed by atoms with Crippen LogP contribution in [-0.2, 0) is 9.84 Å². The zero-order valence-electron chi connectivity index (χ0n) is 16.7. The van der Waals surface area contributed by atoms with Gasteiger partial charge in [-0.2, -0.15) is 0 Å². The summed E-state index contributed by atoms with van der Waals surface area (Å²) in [4.78, 5) is 20.7. The molecule has 0 unspecified atom stereocenters. The van der Waals surface area contributed by atoms with Crippen molar-refractivity contribution in [3.63, 3.8) is 0 Å². The molecule has 0 N–H and O–H groups in total. The first-order valence-electron chi connectivity index (χ1n) is 9.18. The molecule has 0 saturated heterocycles. The van der Waals surface area contributed by atoms with Gasteiger partial charge in [-0.15, -0.1) is 0 Å². The van der Waals surface area contributed by atoms with E-state index < -0.39 is 27.4 Å². The number of halogens is 2. The van der Waals surface area contributed by atoms with E-state index in [2.05, 4.69) is 4.98 Å². The van der Waals surface area contributed by atoms with Gasteiger partial charge < -0.3 is 4.90 Å². The minimum atomic E-state index is -3.64. The second-order valence-corrected chi connectivity index (χ2v) is 10.1. The van der Waals surface area contributed by atoms with E-state index >= 15 is 0 Å². The number of amides is 1. The molecule has 30 heavy (non-hydrogen) atoms. The number of fused-ring (bicyclic) bond motifs is 1. The number of nitrogens with zero attached hydrogens (tertiary/aromatic N) is 3. The second kappa shape index (κ2) is 8.75. The van der Waals surface area contributed by atoms with Gasteiger partial charge in [-0.25, -0.2) is 22.2 Å². The molecule has 0 atom stereocenters. The zero-order valence-corrected chi connectivity index (χ0v) is 18.4. The first-order chi connectivity index (χ1) is 14.1. The molecule has 3 rings (SSSR count). The minimum Gasteiger partial charge on any atom is -0.308 e. The van der Waals surface area contributed by atoms with Crippen LogP contribution in [0.2, 0.25) is 0 Å². The summed E-state index contributed by atoms with van der Waals surface area (Å²) < 4.78 is 53.0. The average molecular weight is 454 g/mol. The van der Waals surface area contributed by atoms with Crippen LogP contribution >= 0.6 is 11.3 Å². The molecule has 0 aliphatic rings. The minimum absolute atomic E-state index is 0.0176. The fraction of sp³-hybridized carbons (Fsp3) is 0.300. The van der Waals surface area contributed by atoms with Gasteiger partial charge in [0.05, 0.1) is 20.9 Å². The molecule has 0 aliphatic carbocycles. The molecule has 0 saturated carbocycles. The van der Waals surface area contributed by atoms with E-state index in [4.69, 9.17) is 0 Å². The Morgan fingerprint density at radius 2 is 1.83 bits per heavy atom. The van der Waals surface area contributed by atoms with E-state index in [1.807, 2.05) is 19.0 Å². The number of thiazole rings is 1. The topological polar surface area (TPSA) is 70.6 Å². The number of carbonyl (C=O) groups excluding carboxylic acids is 1. The van der Waals surface area contributed by atoms with E-state index in [0.29, 0.717) is 6.54 Å². The fourth-order valence-corrected chi connectivity index (χ4v) is 4.98. The molecule has 1 aromatic heterocycles. The summed E-state index contributed by atoms with van der Waals surface area (Å²) >= 11 is 0.973. The highest BCUT2D eigenvalue weighted by molar-refractivity contribution is 7.91. The predicted molar refractivity (Wildman–Crippen MR) is 114 cm³/mol. The maximum Gasteiger partial charge on any atom is 0.261 e. The average Bonchev–Trinajstić information content (AvgIpc) is 3.11. The largest absolute Gasteiger partial charge is 0.308 e. The maximum absolute atomic E-state index is 14.1. The Hall–Kier alpha value is -2.43. The monoisotopic (exact) mass is 453 g/mol. The molecule has 10 heteroatoms. The molecular formula is C20H21F2N3O3S2. The number of benzene rings is 2. The first kappa shape index (κ1) is 22.3. The molecule has 0 spiro atoms. The van der Waals surface area contributed by atoms with Gasteiger partial charge in [0.2, 0.25) is 0 Å². The normalized spacial score (nSPS) is 11.9. The molecule has 0 aliphatic heterocycles. The van der Waals surface area contributed by atoms with E-state index in [-0.39, 0.29) is 38.1 Å². The van der Waals surface area contributed by atoms with Gasteiger partial charge in [-0.3, -0.25) is 9.69 Å². The highest BCUT2D eigenvalue weighted by atomic mass is 32.2. The SMILES string of the molecule is CCS(=O)(=O)c1ccccc1C(=O)N(CCN(C)C)c1nc2c(F)cc(F)cc2s1. The van der Waals surface area contributed by atoms with E-state index in [1.165, 1.54) is 24.0 Å². The molecule has 0 radical (unpaired) electrons. The summed E-state index contributed by atoms with van der Waals surface area (Å²) in [5.74, 6) is -2.27. The maximum atomic E-state index is 14.1. The number of rotatable bonds is 7. The van der Waals surface area contributed by atoms with Crippen molar-refractivity contribution in [2.45, 2.75) is 11.8 Å². The highest BCUT2D eigenvalue weighted by Gasteiger charge is 2.27. The first-order valence-corrected chi connectivity index (χ1v) is 11.6. The number of likely N-dealkylation sites (N-methyl/N-ethyl adjacent to an activating group) is 1. The number of carbonyl (C=O) groups is 1. The highest BCUT2D eigenvalue weighted by Crippen LogP contribution is 2.32. The van der Waals surface area contributed by atoms with Crippen LogP contribution < -0.4 is 4.90 Å².